The molecule has 3 rings (SSSR count). The first-order valence-electron chi connectivity index (χ1n) is 8.37. The van der Waals surface area contributed by atoms with E-state index in [0.29, 0.717) is 5.69 Å². The van der Waals surface area contributed by atoms with Gasteiger partial charge in [0.2, 0.25) is 10.0 Å². The summed E-state index contributed by atoms with van der Waals surface area (Å²) < 4.78 is 63.7. The molecule has 0 aliphatic heterocycles. The molecule has 0 saturated carbocycles. The van der Waals surface area contributed by atoms with Crippen LogP contribution in [0.25, 0.3) is 0 Å². The average Bonchev–Trinajstić information content (AvgIpc) is 2.67. The van der Waals surface area contributed by atoms with Crippen LogP contribution >= 0.6 is 0 Å². The molecule has 11 heteroatoms. The van der Waals surface area contributed by atoms with Gasteiger partial charge < -0.3 is 5.32 Å². The molecule has 0 heterocycles. The minimum atomic E-state index is -4.16. The minimum absolute atomic E-state index is 0.0647. The first kappa shape index (κ1) is 21.4. The van der Waals surface area contributed by atoms with Gasteiger partial charge in [0, 0.05) is 16.9 Å². The van der Waals surface area contributed by atoms with Crippen LogP contribution in [0.15, 0.2) is 82.6 Å². The maximum atomic E-state index is 13.6. The van der Waals surface area contributed by atoms with E-state index < -0.39 is 36.7 Å². The van der Waals surface area contributed by atoms with Crippen molar-refractivity contribution in [2.75, 3.05) is 10.0 Å². The Morgan fingerprint density at radius 2 is 1.43 bits per heavy atom. The van der Waals surface area contributed by atoms with Crippen molar-refractivity contribution in [3.05, 3.63) is 84.2 Å². The molecule has 3 aromatic rings. The highest BCUT2D eigenvalue weighted by atomic mass is 32.2. The number of rotatable bonds is 6. The Bertz CT molecular complexity index is 1290. The smallest absolute Gasteiger partial charge is 0.261 e. The topological polar surface area (TPSA) is 135 Å². The molecule has 8 nitrogen and oxygen atoms in total. The maximum Gasteiger partial charge on any atom is 0.261 e. The SMILES string of the molecule is NS(=O)(=O)c1cc(F)cc(NC(=O)c2ccc(S(=O)(=O)Nc3ccccc3)cc2)c1. The molecule has 0 aliphatic carbocycles. The van der Waals surface area contributed by atoms with Gasteiger partial charge in [-0.2, -0.15) is 0 Å². The van der Waals surface area contributed by atoms with Crippen LogP contribution in [0.5, 0.6) is 0 Å². The van der Waals surface area contributed by atoms with Crippen molar-refractivity contribution < 1.29 is 26.0 Å². The van der Waals surface area contributed by atoms with Crippen LogP contribution in [0.4, 0.5) is 15.8 Å². The van der Waals surface area contributed by atoms with E-state index in [1.165, 1.54) is 24.3 Å². The Morgan fingerprint density at radius 3 is 2.03 bits per heavy atom. The van der Waals surface area contributed by atoms with Crippen molar-refractivity contribution in [2.24, 2.45) is 5.14 Å². The molecule has 30 heavy (non-hydrogen) atoms. The van der Waals surface area contributed by atoms with Crippen LogP contribution in [0, 0.1) is 5.82 Å². The van der Waals surface area contributed by atoms with Gasteiger partial charge >= 0.3 is 0 Å². The molecule has 0 aromatic heterocycles. The quantitative estimate of drug-likeness (QED) is 0.531. The lowest BCUT2D eigenvalue weighted by atomic mass is 10.2. The fraction of sp³-hybridized carbons (Fsp3) is 0. The lowest BCUT2D eigenvalue weighted by Crippen LogP contribution is -2.16. The normalized spacial score (nSPS) is 11.7. The van der Waals surface area contributed by atoms with Gasteiger partial charge in [-0.3, -0.25) is 9.52 Å². The first-order valence-corrected chi connectivity index (χ1v) is 11.4. The van der Waals surface area contributed by atoms with Crippen molar-refractivity contribution in [3.63, 3.8) is 0 Å². The fourth-order valence-corrected chi connectivity index (χ4v) is 4.13. The van der Waals surface area contributed by atoms with E-state index in [1.807, 2.05) is 0 Å². The molecule has 0 saturated heterocycles. The Labute approximate surface area is 172 Å². The summed E-state index contributed by atoms with van der Waals surface area (Å²) in [6, 6.07) is 16.0. The molecule has 156 valence electrons. The highest BCUT2D eigenvalue weighted by Crippen LogP contribution is 2.20. The number of carbonyl (C=O) groups is 1. The van der Waals surface area contributed by atoms with Crippen molar-refractivity contribution in [1.82, 2.24) is 0 Å². The van der Waals surface area contributed by atoms with Crippen molar-refractivity contribution in [2.45, 2.75) is 9.79 Å². The van der Waals surface area contributed by atoms with E-state index in [2.05, 4.69) is 10.0 Å². The maximum absolute atomic E-state index is 13.6. The lowest BCUT2D eigenvalue weighted by Gasteiger charge is -2.10. The molecule has 3 aromatic carbocycles. The van der Waals surface area contributed by atoms with Crippen LogP contribution in [0.1, 0.15) is 10.4 Å². The second-order valence-electron chi connectivity index (χ2n) is 6.17. The summed E-state index contributed by atoms with van der Waals surface area (Å²) in [5.74, 6) is -1.59. The van der Waals surface area contributed by atoms with Crippen LogP contribution < -0.4 is 15.2 Å². The number of hydrogen-bond acceptors (Lipinski definition) is 5. The number of hydrogen-bond donors (Lipinski definition) is 3. The summed E-state index contributed by atoms with van der Waals surface area (Å²) in [5, 5.41) is 7.32. The third-order valence-electron chi connectivity index (χ3n) is 3.91. The van der Waals surface area contributed by atoms with Gasteiger partial charge in [0.1, 0.15) is 5.82 Å². The summed E-state index contributed by atoms with van der Waals surface area (Å²) >= 11 is 0. The van der Waals surface area contributed by atoms with E-state index in [-0.39, 0.29) is 16.1 Å². The highest BCUT2D eigenvalue weighted by Gasteiger charge is 2.16. The lowest BCUT2D eigenvalue weighted by molar-refractivity contribution is 0.102. The van der Waals surface area contributed by atoms with Crippen molar-refractivity contribution >= 4 is 37.3 Å². The van der Waals surface area contributed by atoms with Crippen LogP contribution in [0.2, 0.25) is 0 Å². The molecule has 0 bridgehead atoms. The largest absolute Gasteiger partial charge is 0.322 e. The van der Waals surface area contributed by atoms with Crippen LogP contribution in [-0.4, -0.2) is 22.7 Å². The van der Waals surface area contributed by atoms with Crippen molar-refractivity contribution in [1.29, 1.82) is 0 Å². The summed E-state index contributed by atoms with van der Waals surface area (Å²) in [6.07, 6.45) is 0. The standard InChI is InChI=1S/C19H16FN3O5S2/c20-14-10-16(12-18(11-14)29(21,25)26)22-19(24)13-6-8-17(9-7-13)30(27,28)23-15-4-2-1-3-5-15/h1-12,23H,(H,22,24)(H2,21,25,26). The molecule has 0 spiro atoms. The molecule has 0 atom stereocenters. The number of halogens is 1. The van der Waals surface area contributed by atoms with Gasteiger partial charge in [-0.25, -0.2) is 26.4 Å². The Kier molecular flexibility index (Phi) is 5.87. The molecule has 1 amide bonds. The van der Waals surface area contributed by atoms with Crippen LogP contribution in [0.3, 0.4) is 0 Å². The summed E-state index contributed by atoms with van der Waals surface area (Å²) in [6.45, 7) is 0. The number of nitrogens with one attached hydrogen (secondary N) is 2. The third-order valence-corrected chi connectivity index (χ3v) is 6.20. The summed E-state index contributed by atoms with van der Waals surface area (Å²) in [4.78, 5) is 11.8. The first-order chi connectivity index (χ1) is 14.0. The second kappa shape index (κ2) is 8.22. The van der Waals surface area contributed by atoms with Gasteiger partial charge in [-0.15, -0.1) is 0 Å². The number of anilines is 2. The monoisotopic (exact) mass is 449 g/mol. The Balaban J connectivity index is 1.78. The number of nitrogens with two attached hydrogens (primary N) is 1. The summed E-state index contributed by atoms with van der Waals surface area (Å²) in [5.41, 5.74) is 0.345. The molecular weight excluding hydrogens is 433 g/mol. The molecular formula is C19H16FN3O5S2. The van der Waals surface area contributed by atoms with E-state index in [4.69, 9.17) is 5.14 Å². The third kappa shape index (κ3) is 5.20. The zero-order chi connectivity index (χ0) is 21.9. The Hall–Kier alpha value is -3.28. The zero-order valence-electron chi connectivity index (χ0n) is 15.2. The number of carbonyl (C=O) groups excluding carboxylic acids is 1. The van der Waals surface area contributed by atoms with Gasteiger partial charge in [0.15, 0.2) is 0 Å². The zero-order valence-corrected chi connectivity index (χ0v) is 16.9. The number of sulfonamides is 2. The van der Waals surface area contributed by atoms with Crippen LogP contribution in [-0.2, 0) is 20.0 Å². The van der Waals surface area contributed by atoms with E-state index >= 15 is 0 Å². The number of primary sulfonamides is 1. The van der Waals surface area contributed by atoms with E-state index in [9.17, 15) is 26.0 Å². The van der Waals surface area contributed by atoms with Crippen molar-refractivity contribution in [3.8, 4) is 0 Å². The molecule has 0 radical (unpaired) electrons. The number of amides is 1. The number of para-hydroxylation sites is 1. The number of benzene rings is 3. The molecule has 0 aliphatic rings. The van der Waals surface area contributed by atoms with Gasteiger partial charge in [0.05, 0.1) is 9.79 Å². The highest BCUT2D eigenvalue weighted by molar-refractivity contribution is 7.92. The Morgan fingerprint density at radius 1 is 0.800 bits per heavy atom. The van der Waals surface area contributed by atoms with E-state index in [0.717, 1.165) is 18.2 Å². The second-order valence-corrected chi connectivity index (χ2v) is 9.41. The van der Waals surface area contributed by atoms with Gasteiger partial charge in [0.25, 0.3) is 15.9 Å². The fourth-order valence-electron chi connectivity index (χ4n) is 2.51. The molecule has 0 fully saturated rings. The predicted molar refractivity (Wildman–Crippen MR) is 109 cm³/mol. The molecule has 4 N–H and O–H groups in total. The summed E-state index contributed by atoms with van der Waals surface area (Å²) in [7, 11) is -8.02. The molecule has 0 unspecified atom stereocenters. The average molecular weight is 449 g/mol. The predicted octanol–water partition coefficient (Wildman–Crippen LogP) is 2.53. The van der Waals surface area contributed by atoms with Gasteiger partial charge in [-0.1, -0.05) is 18.2 Å². The van der Waals surface area contributed by atoms with E-state index in [1.54, 1.807) is 30.3 Å². The van der Waals surface area contributed by atoms with Gasteiger partial charge in [-0.05, 0) is 54.6 Å². The minimum Gasteiger partial charge on any atom is -0.322 e.